The van der Waals surface area contributed by atoms with E-state index in [9.17, 15) is 14.4 Å². The van der Waals surface area contributed by atoms with Gasteiger partial charge < -0.3 is 10.6 Å². The van der Waals surface area contributed by atoms with Crippen LogP contribution < -0.4 is 16.1 Å². The van der Waals surface area contributed by atoms with E-state index >= 15 is 0 Å². The fourth-order valence-corrected chi connectivity index (χ4v) is 1.99. The van der Waals surface area contributed by atoms with E-state index in [0.717, 1.165) is 6.42 Å². The Kier molecular flexibility index (Phi) is 8.07. The van der Waals surface area contributed by atoms with Crippen LogP contribution in [-0.4, -0.2) is 29.5 Å². The molecular formula is C17H23ClN4O3. The van der Waals surface area contributed by atoms with Crippen molar-refractivity contribution in [1.29, 1.82) is 0 Å². The second-order valence-corrected chi connectivity index (χ2v) is 6.12. The minimum absolute atomic E-state index is 0.0413. The number of hydrazone groups is 1. The highest BCUT2D eigenvalue weighted by molar-refractivity contribution is 6.40. The average Bonchev–Trinajstić information content (AvgIpc) is 2.56. The zero-order valence-corrected chi connectivity index (χ0v) is 15.5. The van der Waals surface area contributed by atoms with Crippen molar-refractivity contribution in [2.45, 2.75) is 46.6 Å². The van der Waals surface area contributed by atoms with Crippen molar-refractivity contribution < 1.29 is 14.4 Å². The maximum absolute atomic E-state index is 11.9. The van der Waals surface area contributed by atoms with Gasteiger partial charge in [-0.2, -0.15) is 5.10 Å². The Hall–Kier alpha value is -2.41. The van der Waals surface area contributed by atoms with Gasteiger partial charge in [-0.25, -0.2) is 5.43 Å². The molecule has 0 bridgehead atoms. The third-order valence-corrected chi connectivity index (χ3v) is 3.92. The molecule has 0 aromatic heterocycles. The van der Waals surface area contributed by atoms with Gasteiger partial charge in [-0.05, 0) is 44.9 Å². The lowest BCUT2D eigenvalue weighted by molar-refractivity contribution is -0.136. The minimum Gasteiger partial charge on any atom is -0.353 e. The molecule has 0 spiro atoms. The summed E-state index contributed by atoms with van der Waals surface area (Å²) < 4.78 is 0. The Balaban J connectivity index is 2.56. The summed E-state index contributed by atoms with van der Waals surface area (Å²) in [6, 6.07) is 5.06. The molecule has 1 rings (SSSR count). The molecule has 0 aliphatic rings. The van der Waals surface area contributed by atoms with Crippen LogP contribution in [0.4, 0.5) is 5.69 Å². The largest absolute Gasteiger partial charge is 0.353 e. The summed E-state index contributed by atoms with van der Waals surface area (Å²) in [4.78, 5) is 35.4. The topological polar surface area (TPSA) is 99.7 Å². The molecule has 0 fully saturated rings. The van der Waals surface area contributed by atoms with E-state index in [4.69, 9.17) is 11.6 Å². The molecule has 0 aliphatic carbocycles. The highest BCUT2D eigenvalue weighted by atomic mass is 35.5. The molecule has 0 saturated carbocycles. The van der Waals surface area contributed by atoms with Gasteiger partial charge in [0.1, 0.15) is 0 Å². The number of hydrogen-bond acceptors (Lipinski definition) is 4. The predicted octanol–water partition coefficient (Wildman–Crippen LogP) is 2.38. The molecule has 1 unspecified atom stereocenters. The quantitative estimate of drug-likeness (QED) is 0.409. The molecule has 25 heavy (non-hydrogen) atoms. The third-order valence-electron chi connectivity index (χ3n) is 3.51. The maximum Gasteiger partial charge on any atom is 0.329 e. The molecule has 1 atom stereocenters. The minimum atomic E-state index is -0.930. The first-order chi connectivity index (χ1) is 11.7. The van der Waals surface area contributed by atoms with Crippen molar-refractivity contribution >= 4 is 40.7 Å². The van der Waals surface area contributed by atoms with Gasteiger partial charge in [0.15, 0.2) is 0 Å². The second kappa shape index (κ2) is 9.78. The predicted molar refractivity (Wildman–Crippen MR) is 98.6 cm³/mol. The third kappa shape index (κ3) is 6.93. The highest BCUT2D eigenvalue weighted by Crippen LogP contribution is 2.22. The zero-order valence-electron chi connectivity index (χ0n) is 14.8. The van der Waals surface area contributed by atoms with Crippen LogP contribution in [0.1, 0.15) is 39.2 Å². The van der Waals surface area contributed by atoms with Crippen LogP contribution >= 0.6 is 11.6 Å². The van der Waals surface area contributed by atoms with Gasteiger partial charge in [-0.3, -0.25) is 14.4 Å². The van der Waals surface area contributed by atoms with Crippen molar-refractivity contribution in [3.05, 3.63) is 28.8 Å². The van der Waals surface area contributed by atoms with Crippen LogP contribution in [0.15, 0.2) is 23.3 Å². The van der Waals surface area contributed by atoms with E-state index in [1.54, 1.807) is 32.0 Å². The van der Waals surface area contributed by atoms with Gasteiger partial charge in [0, 0.05) is 22.5 Å². The molecule has 7 nitrogen and oxygen atoms in total. The molecule has 0 aliphatic heterocycles. The summed E-state index contributed by atoms with van der Waals surface area (Å²) >= 11 is 5.96. The van der Waals surface area contributed by atoms with E-state index in [1.807, 2.05) is 13.8 Å². The summed E-state index contributed by atoms with van der Waals surface area (Å²) in [5.41, 5.74) is 3.63. The van der Waals surface area contributed by atoms with E-state index < -0.39 is 11.8 Å². The lowest BCUT2D eigenvalue weighted by Gasteiger charge is -2.11. The summed E-state index contributed by atoms with van der Waals surface area (Å²) in [6.07, 6.45) is 0.862. The molecule has 0 heterocycles. The Labute approximate surface area is 152 Å². The number of halogens is 1. The number of amides is 3. The molecular weight excluding hydrogens is 344 g/mol. The van der Waals surface area contributed by atoms with E-state index in [-0.39, 0.29) is 18.4 Å². The average molecular weight is 367 g/mol. The number of carbonyl (C=O) groups is 3. The Morgan fingerprint density at radius 3 is 2.56 bits per heavy atom. The smallest absolute Gasteiger partial charge is 0.329 e. The van der Waals surface area contributed by atoms with Gasteiger partial charge >= 0.3 is 11.8 Å². The van der Waals surface area contributed by atoms with Crippen molar-refractivity contribution in [2.75, 3.05) is 5.32 Å². The number of hydrogen-bond donors (Lipinski definition) is 3. The van der Waals surface area contributed by atoms with Crippen molar-refractivity contribution in [3.8, 4) is 0 Å². The van der Waals surface area contributed by atoms with Crippen molar-refractivity contribution in [1.82, 2.24) is 10.7 Å². The highest BCUT2D eigenvalue weighted by Gasteiger charge is 2.15. The number of carbonyl (C=O) groups excluding carboxylic acids is 3. The van der Waals surface area contributed by atoms with Crippen LogP contribution in [0.3, 0.4) is 0 Å². The van der Waals surface area contributed by atoms with Crippen LogP contribution in [0, 0.1) is 6.92 Å². The fourth-order valence-electron chi connectivity index (χ4n) is 1.82. The number of anilines is 1. The summed E-state index contributed by atoms with van der Waals surface area (Å²) in [5, 5.41) is 9.51. The van der Waals surface area contributed by atoms with Crippen molar-refractivity contribution in [2.24, 2.45) is 5.10 Å². The SMILES string of the molecule is CCC(C)NC(=O)C/C(C)=N/NC(=O)C(=O)Nc1cccc(Cl)c1C. The Morgan fingerprint density at radius 1 is 1.24 bits per heavy atom. The number of nitrogens with zero attached hydrogens (tertiary/aromatic N) is 1. The zero-order chi connectivity index (χ0) is 19.0. The van der Waals surface area contributed by atoms with Crippen molar-refractivity contribution in [3.63, 3.8) is 0 Å². The molecule has 0 saturated heterocycles. The lowest BCUT2D eigenvalue weighted by Crippen LogP contribution is -2.35. The Morgan fingerprint density at radius 2 is 1.92 bits per heavy atom. The van der Waals surface area contributed by atoms with Gasteiger partial charge in [-0.1, -0.05) is 24.6 Å². The van der Waals surface area contributed by atoms with E-state index in [1.165, 1.54) is 0 Å². The monoisotopic (exact) mass is 366 g/mol. The summed E-state index contributed by atoms with van der Waals surface area (Å²) in [5.74, 6) is -1.99. The van der Waals surface area contributed by atoms with Crippen LogP contribution in [0.5, 0.6) is 0 Å². The fraction of sp³-hybridized carbons (Fsp3) is 0.412. The van der Waals surface area contributed by atoms with Gasteiger partial charge in [-0.15, -0.1) is 0 Å². The molecule has 0 radical (unpaired) electrons. The number of benzene rings is 1. The second-order valence-electron chi connectivity index (χ2n) is 5.71. The standard InChI is InChI=1S/C17H23ClN4O3/c1-5-10(2)19-15(23)9-11(3)21-22-17(25)16(24)20-14-8-6-7-13(18)12(14)4/h6-8,10H,5,9H2,1-4H3,(H,19,23)(H,20,24)(H,22,25)/b21-11+. The van der Waals surface area contributed by atoms with Gasteiger partial charge in [0.05, 0.1) is 6.42 Å². The summed E-state index contributed by atoms with van der Waals surface area (Å²) in [7, 11) is 0. The number of nitrogens with one attached hydrogen (secondary N) is 3. The molecule has 3 N–H and O–H groups in total. The molecule has 8 heteroatoms. The van der Waals surface area contributed by atoms with Crippen LogP contribution in [0.2, 0.25) is 5.02 Å². The first-order valence-electron chi connectivity index (χ1n) is 7.93. The Bertz CT molecular complexity index is 688. The first kappa shape index (κ1) is 20.6. The number of rotatable bonds is 6. The van der Waals surface area contributed by atoms with Gasteiger partial charge in [0.25, 0.3) is 0 Å². The van der Waals surface area contributed by atoms with Crippen LogP contribution in [-0.2, 0) is 14.4 Å². The molecule has 136 valence electrons. The molecule has 3 amide bonds. The van der Waals surface area contributed by atoms with E-state index in [2.05, 4.69) is 21.2 Å². The van der Waals surface area contributed by atoms with Gasteiger partial charge in [0.2, 0.25) is 5.91 Å². The van der Waals surface area contributed by atoms with E-state index in [0.29, 0.717) is 22.0 Å². The summed E-state index contributed by atoms with van der Waals surface area (Å²) in [6.45, 7) is 7.18. The maximum atomic E-state index is 11.9. The van der Waals surface area contributed by atoms with Crippen LogP contribution in [0.25, 0.3) is 0 Å². The normalized spacial score (nSPS) is 12.3. The first-order valence-corrected chi connectivity index (χ1v) is 8.31. The molecule has 1 aromatic carbocycles. The lowest BCUT2D eigenvalue weighted by atomic mass is 10.2. The molecule has 1 aromatic rings.